The number of alkyl halides is 3. The SMILES string of the molecule is CC(C)(C)CCNC1(C(F)(F)F)CC1. The molecule has 0 amide bonds. The number of hydrogen-bond donors (Lipinski definition) is 1. The molecule has 0 unspecified atom stereocenters. The monoisotopic (exact) mass is 209 g/mol. The Balaban J connectivity index is 2.32. The van der Waals surface area contributed by atoms with Crippen LogP contribution in [-0.2, 0) is 0 Å². The molecular weight excluding hydrogens is 191 g/mol. The molecule has 1 fully saturated rings. The van der Waals surface area contributed by atoms with Crippen molar-refractivity contribution in [2.45, 2.75) is 51.7 Å². The Hall–Kier alpha value is -0.250. The maximum Gasteiger partial charge on any atom is 0.406 e. The maximum atomic E-state index is 12.5. The summed E-state index contributed by atoms with van der Waals surface area (Å²) < 4.78 is 37.4. The fraction of sp³-hybridized carbons (Fsp3) is 1.00. The van der Waals surface area contributed by atoms with E-state index in [4.69, 9.17) is 0 Å². The fourth-order valence-corrected chi connectivity index (χ4v) is 1.36. The average molecular weight is 209 g/mol. The van der Waals surface area contributed by atoms with Crippen molar-refractivity contribution in [2.24, 2.45) is 5.41 Å². The van der Waals surface area contributed by atoms with Gasteiger partial charge in [-0.25, -0.2) is 0 Å². The van der Waals surface area contributed by atoms with Crippen LogP contribution in [0, 0.1) is 5.41 Å². The van der Waals surface area contributed by atoms with E-state index in [1.165, 1.54) is 0 Å². The Kier molecular flexibility index (Phi) is 2.87. The molecule has 0 aromatic carbocycles. The van der Waals surface area contributed by atoms with Gasteiger partial charge in [0.2, 0.25) is 0 Å². The molecule has 0 aromatic rings. The fourth-order valence-electron chi connectivity index (χ4n) is 1.36. The predicted octanol–water partition coefficient (Wildman–Crippen LogP) is 3.11. The molecule has 4 heteroatoms. The largest absolute Gasteiger partial charge is 0.406 e. The Morgan fingerprint density at radius 1 is 1.14 bits per heavy atom. The van der Waals surface area contributed by atoms with Gasteiger partial charge < -0.3 is 5.32 Å². The van der Waals surface area contributed by atoms with E-state index in [0.29, 0.717) is 6.54 Å². The Bertz CT molecular complexity index is 198. The molecule has 14 heavy (non-hydrogen) atoms. The van der Waals surface area contributed by atoms with Crippen molar-refractivity contribution >= 4 is 0 Å². The summed E-state index contributed by atoms with van der Waals surface area (Å²) in [6.07, 6.45) is -2.84. The first-order valence-electron chi connectivity index (χ1n) is 4.98. The highest BCUT2D eigenvalue weighted by Gasteiger charge is 2.62. The molecule has 1 N–H and O–H groups in total. The van der Waals surface area contributed by atoms with Crippen molar-refractivity contribution in [3.05, 3.63) is 0 Å². The summed E-state index contributed by atoms with van der Waals surface area (Å²) in [5, 5.41) is 2.64. The van der Waals surface area contributed by atoms with E-state index in [9.17, 15) is 13.2 Å². The van der Waals surface area contributed by atoms with Crippen molar-refractivity contribution in [3.63, 3.8) is 0 Å². The second kappa shape index (κ2) is 3.40. The van der Waals surface area contributed by atoms with Crippen LogP contribution < -0.4 is 5.32 Å². The van der Waals surface area contributed by atoms with E-state index in [1.807, 2.05) is 20.8 Å². The number of hydrogen-bond acceptors (Lipinski definition) is 1. The second-order valence-electron chi connectivity index (χ2n) is 5.32. The normalized spacial score (nSPS) is 21.0. The minimum atomic E-state index is -4.08. The number of halogens is 3. The first kappa shape index (κ1) is 11.8. The molecule has 0 radical (unpaired) electrons. The van der Waals surface area contributed by atoms with Crippen LogP contribution in [0.25, 0.3) is 0 Å². The molecule has 1 aliphatic rings. The van der Waals surface area contributed by atoms with Gasteiger partial charge in [0.05, 0.1) is 0 Å². The van der Waals surface area contributed by atoms with Gasteiger partial charge in [0.25, 0.3) is 0 Å². The lowest BCUT2D eigenvalue weighted by Gasteiger charge is -2.24. The number of nitrogens with one attached hydrogen (secondary N) is 1. The molecule has 1 saturated carbocycles. The molecule has 0 spiro atoms. The van der Waals surface area contributed by atoms with E-state index in [1.54, 1.807) is 0 Å². The molecule has 0 heterocycles. The highest BCUT2D eigenvalue weighted by Crippen LogP contribution is 2.48. The van der Waals surface area contributed by atoms with Gasteiger partial charge in [-0.1, -0.05) is 20.8 Å². The molecule has 0 atom stereocenters. The first-order valence-corrected chi connectivity index (χ1v) is 4.98. The topological polar surface area (TPSA) is 12.0 Å². The van der Waals surface area contributed by atoms with Crippen molar-refractivity contribution in [1.82, 2.24) is 5.32 Å². The van der Waals surface area contributed by atoms with Gasteiger partial charge >= 0.3 is 6.18 Å². The summed E-state index contributed by atoms with van der Waals surface area (Å²) in [5.74, 6) is 0. The van der Waals surface area contributed by atoms with Gasteiger partial charge in [-0.15, -0.1) is 0 Å². The van der Waals surface area contributed by atoms with Gasteiger partial charge in [0, 0.05) is 0 Å². The summed E-state index contributed by atoms with van der Waals surface area (Å²) in [6.45, 7) is 6.54. The van der Waals surface area contributed by atoms with E-state index in [2.05, 4.69) is 5.32 Å². The smallest absolute Gasteiger partial charge is 0.304 e. The molecule has 0 saturated heterocycles. The third kappa shape index (κ3) is 2.87. The van der Waals surface area contributed by atoms with E-state index >= 15 is 0 Å². The van der Waals surface area contributed by atoms with Gasteiger partial charge in [0.15, 0.2) is 0 Å². The quantitative estimate of drug-likeness (QED) is 0.753. The second-order valence-corrected chi connectivity index (χ2v) is 5.32. The van der Waals surface area contributed by atoms with E-state index < -0.39 is 11.7 Å². The van der Waals surface area contributed by atoms with Crippen LogP contribution in [0.3, 0.4) is 0 Å². The van der Waals surface area contributed by atoms with Crippen LogP contribution in [0.15, 0.2) is 0 Å². The predicted molar refractivity (Wildman–Crippen MR) is 50.1 cm³/mol. The lowest BCUT2D eigenvalue weighted by Crippen LogP contribution is -2.45. The minimum Gasteiger partial charge on any atom is -0.304 e. The molecule has 1 nitrogen and oxygen atoms in total. The van der Waals surface area contributed by atoms with E-state index in [-0.39, 0.29) is 18.3 Å². The van der Waals surface area contributed by atoms with Crippen molar-refractivity contribution in [1.29, 1.82) is 0 Å². The standard InChI is InChI=1S/C10H18F3N/c1-8(2,3)6-7-14-9(4-5-9)10(11,12)13/h14H,4-7H2,1-3H3. The van der Waals surface area contributed by atoms with Crippen LogP contribution in [0.2, 0.25) is 0 Å². The lowest BCUT2D eigenvalue weighted by molar-refractivity contribution is -0.166. The first-order chi connectivity index (χ1) is 6.16. The van der Waals surface area contributed by atoms with Crippen molar-refractivity contribution in [2.75, 3.05) is 6.54 Å². The summed E-state index contributed by atoms with van der Waals surface area (Å²) in [4.78, 5) is 0. The molecule has 1 aliphatic carbocycles. The van der Waals surface area contributed by atoms with Crippen molar-refractivity contribution in [3.8, 4) is 0 Å². The highest BCUT2D eigenvalue weighted by molar-refractivity contribution is 5.07. The van der Waals surface area contributed by atoms with Gasteiger partial charge in [-0.05, 0) is 31.2 Å². The molecule has 0 aromatic heterocycles. The summed E-state index contributed by atoms with van der Waals surface area (Å²) >= 11 is 0. The zero-order valence-corrected chi connectivity index (χ0v) is 8.96. The summed E-state index contributed by atoms with van der Waals surface area (Å²) in [5.41, 5.74) is -1.45. The van der Waals surface area contributed by atoms with Gasteiger partial charge in [-0.2, -0.15) is 13.2 Å². The average Bonchev–Trinajstić information content (AvgIpc) is 2.63. The Morgan fingerprint density at radius 2 is 1.64 bits per heavy atom. The molecule has 0 aliphatic heterocycles. The van der Waals surface area contributed by atoms with E-state index in [0.717, 1.165) is 6.42 Å². The zero-order chi connectivity index (χ0) is 11.0. The third-order valence-electron chi connectivity index (χ3n) is 2.63. The van der Waals surface area contributed by atoms with Crippen LogP contribution in [0.5, 0.6) is 0 Å². The van der Waals surface area contributed by atoms with Crippen LogP contribution in [0.4, 0.5) is 13.2 Å². The minimum absolute atomic E-state index is 0.0919. The highest BCUT2D eigenvalue weighted by atomic mass is 19.4. The lowest BCUT2D eigenvalue weighted by atomic mass is 9.92. The molecule has 84 valence electrons. The van der Waals surface area contributed by atoms with Crippen LogP contribution in [-0.4, -0.2) is 18.3 Å². The third-order valence-corrected chi connectivity index (χ3v) is 2.63. The van der Waals surface area contributed by atoms with Gasteiger partial charge in [0.1, 0.15) is 5.54 Å². The molecule has 0 bridgehead atoms. The summed E-state index contributed by atoms with van der Waals surface area (Å²) in [6, 6.07) is 0. The van der Waals surface area contributed by atoms with Crippen molar-refractivity contribution < 1.29 is 13.2 Å². The summed E-state index contributed by atoms with van der Waals surface area (Å²) in [7, 11) is 0. The Labute approximate surface area is 83.1 Å². The molecule has 1 rings (SSSR count). The maximum absolute atomic E-state index is 12.5. The van der Waals surface area contributed by atoms with Crippen LogP contribution >= 0.6 is 0 Å². The van der Waals surface area contributed by atoms with Crippen LogP contribution in [0.1, 0.15) is 40.0 Å². The van der Waals surface area contributed by atoms with Gasteiger partial charge in [-0.3, -0.25) is 0 Å². The molecular formula is C10H18F3N. The zero-order valence-electron chi connectivity index (χ0n) is 8.96. The Morgan fingerprint density at radius 3 is 1.93 bits per heavy atom. The number of rotatable bonds is 3.